The number of anilines is 2. The molecule has 0 aromatic carbocycles. The van der Waals surface area contributed by atoms with E-state index in [0.29, 0.717) is 39.4 Å². The number of pyridine rings is 2. The summed E-state index contributed by atoms with van der Waals surface area (Å²) in [5.74, 6) is -4.16. The van der Waals surface area contributed by atoms with Gasteiger partial charge in [-0.05, 0) is 133 Å². The molecular formula is C65H83BClF2I2N20O14PS4. The van der Waals surface area contributed by atoms with Crippen LogP contribution in [0.3, 0.4) is 0 Å². The van der Waals surface area contributed by atoms with Crippen molar-refractivity contribution in [2.24, 2.45) is 16.2 Å². The van der Waals surface area contributed by atoms with Crippen molar-refractivity contribution in [3.05, 3.63) is 83.5 Å². The Labute approximate surface area is 687 Å². The summed E-state index contributed by atoms with van der Waals surface area (Å²) in [5.41, 5.74) is 8.55. The number of β-lactam (4-membered cyclic amide) rings is 2. The molecule has 4 saturated heterocycles. The van der Waals surface area contributed by atoms with Gasteiger partial charge in [0.2, 0.25) is 40.9 Å². The number of carboxylic acids is 1. The van der Waals surface area contributed by atoms with Crippen molar-refractivity contribution in [1.29, 1.82) is 0 Å². The molecule has 34 nitrogen and oxygen atoms in total. The molecule has 5 unspecified atom stereocenters. The lowest BCUT2D eigenvalue weighted by Gasteiger charge is -2.50. The van der Waals surface area contributed by atoms with Crippen molar-refractivity contribution in [2.75, 3.05) is 86.4 Å². The van der Waals surface area contributed by atoms with Gasteiger partial charge in [0.05, 0.1) is 30.6 Å². The molecule has 0 aliphatic carbocycles. The lowest BCUT2D eigenvalue weighted by Crippen LogP contribution is -3.00. The van der Waals surface area contributed by atoms with Crippen molar-refractivity contribution in [3.8, 4) is 0 Å². The van der Waals surface area contributed by atoms with E-state index in [2.05, 4.69) is 129 Å². The molecule has 4 fully saturated rings. The number of halogens is 5. The second kappa shape index (κ2) is 39.4. The molecule has 0 saturated carbocycles. The lowest BCUT2D eigenvalue weighted by molar-refractivity contribution is -0.678. The number of aromatic nitrogens is 10. The van der Waals surface area contributed by atoms with Crippen LogP contribution in [0.4, 0.5) is 28.6 Å². The van der Waals surface area contributed by atoms with Crippen LogP contribution < -0.4 is 65.2 Å². The van der Waals surface area contributed by atoms with Crippen LogP contribution in [0.15, 0.2) is 82.2 Å². The number of piperidine rings is 2. The molecule has 2 radical (unpaired) electrons. The first kappa shape index (κ1) is 88.3. The first-order chi connectivity index (χ1) is 51.5. The number of hydrogen-bond donors (Lipinski definition) is 5. The van der Waals surface area contributed by atoms with E-state index in [4.69, 9.17) is 37.0 Å². The van der Waals surface area contributed by atoms with Crippen LogP contribution in [0.2, 0.25) is 0 Å². The average Bonchev–Trinajstić information content (AvgIpc) is 0.921. The van der Waals surface area contributed by atoms with E-state index in [0.717, 1.165) is 103 Å². The second-order valence-corrected chi connectivity index (χ2v) is 33.3. The topological polar surface area (TPSA) is 409 Å². The normalized spacial score (nSPS) is 19.2. The number of nitrogens with zero attached hydrogens (tertiary/aromatic N) is 15. The third-order valence-corrected chi connectivity index (χ3v) is 22.0. The van der Waals surface area contributed by atoms with Gasteiger partial charge in [0.25, 0.3) is 23.6 Å². The standard InChI is InChI=1S/C25H27FN10O5S2.C20H24BFIN6O7PS2.C20H31N4O2.ClH.HI/c26-5-9-41-32-16(19-31-25(27)43-33-19)21(37)30-17-22(38)36-18(24(39)40)13(11-42-23(17)36)10-34-8-1-2-15-20(34)29-12-35(15)14-3-6-28-7-4-14;1-20(2,3)35-19(33)26-18-25-13(28-39-18)10(27-34-6-5-22)14(30)24-11-15(31)29-12(17(32)36-37(4)21)9(7-23)8-38-16(11)29;1-15(2)13-23-10-6-7-17-18(23)21-14-24(17)16-8-11-22(12-9-16)19(25)26-20(3,4)5;;/h1-2,8,12,14,17,23,28H,3-7,9-11H2,(H3-,27,30,31,33,37,39,40);11,16H,5-8H2,1-4H3,(H,24,30)(H,25,26,28,33);6-7,10,14-16H,8-9,11-13H2,1-5H3;2*1H/q;;+1;;/p-1/b32-16-;27-10-;;;. The Bertz CT molecular complexity index is 4470. The largest absolute Gasteiger partial charge is 1.00 e. The Morgan fingerprint density at radius 3 is 1.78 bits per heavy atom. The number of carboxylic acid groups (broad SMARTS) is 1. The van der Waals surface area contributed by atoms with Crippen molar-refractivity contribution in [1.82, 2.24) is 68.5 Å². The van der Waals surface area contributed by atoms with Gasteiger partial charge < -0.3 is 93.3 Å². The number of rotatable bonds is 23. The third-order valence-electron chi connectivity index (χ3n) is 16.8. The molecular weight excluding hydrogens is 1780 g/mol. The fraction of sp³-hybridized carbons (Fsp3) is 0.538. The molecule has 110 heavy (non-hydrogen) atoms. The molecule has 6 aromatic heterocycles. The highest BCUT2D eigenvalue weighted by molar-refractivity contribution is 14.1. The number of fused-ring (bicyclic) bond motifs is 4. The van der Waals surface area contributed by atoms with Gasteiger partial charge in [0.15, 0.2) is 12.7 Å². The number of nitrogens with two attached hydrogens (primary N) is 1. The number of carbonyl (C=O) groups excluding carboxylic acids is 8. The van der Waals surface area contributed by atoms with E-state index in [-0.39, 0.29) is 88.1 Å². The Balaban J connectivity index is 0.000000212. The zero-order valence-electron chi connectivity index (χ0n) is 61.3. The van der Waals surface area contributed by atoms with Crippen LogP contribution in [0.5, 0.6) is 0 Å². The van der Waals surface area contributed by atoms with E-state index in [1.807, 2.05) is 61.2 Å². The minimum Gasteiger partial charge on any atom is -1.00 e. The number of amides is 6. The van der Waals surface area contributed by atoms with Crippen molar-refractivity contribution >= 4 is 189 Å². The average molecular weight is 1870 g/mol. The summed E-state index contributed by atoms with van der Waals surface area (Å²) in [6, 6.07) is 6.73. The van der Waals surface area contributed by atoms with Gasteiger partial charge in [0, 0.05) is 77.8 Å². The van der Waals surface area contributed by atoms with Gasteiger partial charge in [0.1, 0.15) is 83.9 Å². The van der Waals surface area contributed by atoms with E-state index in [9.17, 15) is 52.2 Å². The summed E-state index contributed by atoms with van der Waals surface area (Å²) in [7, 11) is 4.15. The maximum absolute atomic E-state index is 13.2. The number of alkyl halides is 3. The molecule has 0 spiro atoms. The predicted octanol–water partition coefficient (Wildman–Crippen LogP) is 1.77. The molecule has 6 aromatic rings. The number of hydrogen-bond acceptors (Lipinski definition) is 28. The number of imidazole rings is 2. The van der Waals surface area contributed by atoms with Gasteiger partial charge >= 0.3 is 29.5 Å². The second-order valence-electron chi connectivity index (χ2n) is 27.5. The van der Waals surface area contributed by atoms with Crippen LogP contribution >= 0.6 is 89.6 Å². The summed E-state index contributed by atoms with van der Waals surface area (Å²) in [4.78, 5) is 133. The number of likely N-dealkylation sites (tertiary alicyclic amines) is 1. The van der Waals surface area contributed by atoms with Crippen LogP contribution in [-0.4, -0.2) is 229 Å². The van der Waals surface area contributed by atoms with E-state index in [1.165, 1.54) is 33.9 Å². The third kappa shape index (κ3) is 21.7. The fourth-order valence-electron chi connectivity index (χ4n) is 12.2. The minimum absolute atomic E-state index is 0. The highest BCUT2D eigenvalue weighted by Gasteiger charge is 2.56. The number of oxime groups is 2. The molecule has 594 valence electrons. The molecule has 6 aliphatic heterocycles. The van der Waals surface area contributed by atoms with Gasteiger partial charge in [-0.15, -0.1) is 35.9 Å². The highest BCUT2D eigenvalue weighted by atomic mass is 127. The lowest BCUT2D eigenvalue weighted by atomic mass is 10.0. The van der Waals surface area contributed by atoms with Gasteiger partial charge in [-0.25, -0.2) is 32.3 Å². The molecule has 0 bridgehead atoms. The minimum atomic E-state index is -1.49. The first-order valence-corrected chi connectivity index (χ1v) is 41.2. The molecule has 6 N–H and O–H groups in total. The Hall–Kier alpha value is -7.30. The van der Waals surface area contributed by atoms with Crippen molar-refractivity contribution in [2.45, 2.75) is 140 Å². The summed E-state index contributed by atoms with van der Waals surface area (Å²) in [5, 5.41) is 29.3. The van der Waals surface area contributed by atoms with Crippen molar-refractivity contribution < 1.29 is 109 Å². The smallest absolute Gasteiger partial charge is 0.414 e. The molecule has 5 atom stereocenters. The van der Waals surface area contributed by atoms with E-state index in [1.54, 1.807) is 27.4 Å². The number of nitrogens with one attached hydrogen (secondary N) is 4. The van der Waals surface area contributed by atoms with Crippen molar-refractivity contribution in [3.63, 3.8) is 0 Å². The number of nitrogen functional groups attached to an aromatic ring is 1. The fourth-order valence-corrected chi connectivity index (χ4v) is 17.2. The van der Waals surface area contributed by atoms with E-state index < -0.39 is 122 Å². The quantitative estimate of drug-likeness (QED) is 0.00702. The van der Waals surface area contributed by atoms with Gasteiger partial charge in [-0.2, -0.15) is 18.7 Å². The molecule has 6 amide bonds. The van der Waals surface area contributed by atoms with E-state index >= 15 is 0 Å². The van der Waals surface area contributed by atoms with Crippen LogP contribution in [-0.2, 0) is 65.5 Å². The highest BCUT2D eigenvalue weighted by Crippen LogP contribution is 2.44. The zero-order chi connectivity index (χ0) is 77.9. The molecule has 45 heteroatoms. The number of aliphatic carboxylic acids is 1. The SMILES string of the molecule is CC(C)C[n+]1cccc2c1ncn2C1CCN(C(=O)OC(C)(C)C)CC1.Cl.Nc1nc(/C(=N/OCCF)C(=O)NC2C(=O)N3C(C(=O)[O-])=C(C[n+]4cccc5c4ncn5C4CCNCC4)CSC23)ns1.[B]P(C)OC(=O)C1=C(CI)CSC2C(NC(=O)/C(=N\OCCF)c3nsc(NC(=O)OC(C)(C)C)n3)C(=O)N12.[I-]. The van der Waals surface area contributed by atoms with Crippen LogP contribution in [0.1, 0.15) is 105 Å². The predicted molar refractivity (Wildman–Crippen MR) is 413 cm³/mol. The van der Waals surface area contributed by atoms with Gasteiger partial charge in [-0.1, -0.05) is 46.7 Å². The maximum atomic E-state index is 13.2. The number of carbonyl (C=O) groups is 8. The summed E-state index contributed by atoms with van der Waals surface area (Å²) in [6.07, 6.45) is 10.5. The Morgan fingerprint density at radius 2 is 1.28 bits per heavy atom. The monoisotopic (exact) mass is 1860 g/mol. The summed E-state index contributed by atoms with van der Waals surface area (Å²) >= 11 is 6.33. The Morgan fingerprint density at radius 1 is 0.773 bits per heavy atom. The maximum Gasteiger partial charge on any atom is 0.414 e. The summed E-state index contributed by atoms with van der Waals surface area (Å²) in [6.45, 7) is 18.7. The molecule has 12 rings (SSSR count). The Kier molecular flexibility index (Phi) is 31.7. The van der Waals surface area contributed by atoms with Gasteiger partial charge in [-0.3, -0.25) is 34.3 Å². The zero-order valence-corrected chi connectivity index (χ0v) is 70.6. The molecule has 6 aliphatic rings. The first-order valence-electron chi connectivity index (χ1n) is 34.2. The molecule has 12 heterocycles. The number of ether oxygens (including phenoxy) is 2. The number of thioether (sulfide) groups is 2. The van der Waals surface area contributed by atoms with Crippen LogP contribution in [0.25, 0.3) is 22.3 Å². The van der Waals surface area contributed by atoms with Crippen LogP contribution in [0, 0.1) is 5.92 Å². The summed E-state index contributed by atoms with van der Waals surface area (Å²) < 4.78 is 57.9.